The first kappa shape index (κ1) is 12.2. The molecule has 0 radical (unpaired) electrons. The Morgan fingerprint density at radius 1 is 1.00 bits per heavy atom. The molecule has 0 spiro atoms. The van der Waals surface area contributed by atoms with Crippen LogP contribution in [-0.2, 0) is 16.0 Å². The maximum Gasteiger partial charge on any atom is 0.309 e. The molecule has 0 aromatic heterocycles. The quantitative estimate of drug-likeness (QED) is 0.511. The van der Waals surface area contributed by atoms with E-state index in [9.17, 15) is 4.79 Å². The Kier molecular flexibility index (Phi) is 3.97. The van der Waals surface area contributed by atoms with Crippen LogP contribution >= 0.6 is 0 Å². The zero-order valence-corrected chi connectivity index (χ0v) is 10.1. The van der Waals surface area contributed by atoms with Gasteiger partial charge >= 0.3 is 5.97 Å². The van der Waals surface area contributed by atoms with Gasteiger partial charge in [0, 0.05) is 0 Å². The number of methoxy groups -OCH3 is 1. The largest absolute Gasteiger partial charge is 0.469 e. The second-order valence-corrected chi connectivity index (χ2v) is 3.79. The van der Waals surface area contributed by atoms with Gasteiger partial charge in [0.05, 0.1) is 13.5 Å². The summed E-state index contributed by atoms with van der Waals surface area (Å²) in [6, 6.07) is 17.4. The van der Waals surface area contributed by atoms with Gasteiger partial charge in [0.1, 0.15) is 0 Å². The molecule has 0 bridgehead atoms. The van der Waals surface area contributed by atoms with E-state index in [0.29, 0.717) is 6.42 Å². The van der Waals surface area contributed by atoms with Gasteiger partial charge < -0.3 is 9.47 Å². The van der Waals surface area contributed by atoms with Crippen LogP contribution in [0.3, 0.4) is 0 Å². The number of ether oxygens (including phenoxy) is 2. The lowest BCUT2D eigenvalue weighted by Gasteiger charge is -1.97. The average molecular weight is 242 g/mol. The molecule has 0 amide bonds. The van der Waals surface area contributed by atoms with Crippen LogP contribution in [0.25, 0.3) is 0 Å². The smallest absolute Gasteiger partial charge is 0.309 e. The van der Waals surface area contributed by atoms with Crippen molar-refractivity contribution in [2.45, 2.75) is 6.42 Å². The summed E-state index contributed by atoms with van der Waals surface area (Å²) in [5, 5.41) is 0. The summed E-state index contributed by atoms with van der Waals surface area (Å²) in [6.45, 7) is 0. The highest BCUT2D eigenvalue weighted by Crippen LogP contribution is 2.43. The molecule has 18 heavy (non-hydrogen) atoms. The first-order valence-electron chi connectivity index (χ1n) is 5.67. The first-order valence-corrected chi connectivity index (χ1v) is 5.67. The Morgan fingerprint density at radius 2 is 1.56 bits per heavy atom. The number of rotatable bonds is 2. The van der Waals surface area contributed by atoms with E-state index in [1.165, 1.54) is 7.11 Å². The highest BCUT2D eigenvalue weighted by molar-refractivity contribution is 5.72. The maximum atomic E-state index is 10.8. The minimum atomic E-state index is -0.198. The van der Waals surface area contributed by atoms with Crippen molar-refractivity contribution in [3.63, 3.8) is 0 Å². The lowest BCUT2D eigenvalue weighted by molar-refractivity contribution is -0.139. The maximum absolute atomic E-state index is 10.8. The molecule has 2 aromatic rings. The third kappa shape index (κ3) is 3.63. The van der Waals surface area contributed by atoms with Crippen molar-refractivity contribution in [2.24, 2.45) is 0 Å². The molecule has 0 N–H and O–H groups in total. The van der Waals surface area contributed by atoms with Gasteiger partial charge in [0.25, 0.3) is 0 Å². The second kappa shape index (κ2) is 5.87. The summed E-state index contributed by atoms with van der Waals surface area (Å²) < 4.78 is 9.45. The highest BCUT2D eigenvalue weighted by Gasteiger charge is 2.15. The third-order valence-electron chi connectivity index (χ3n) is 2.45. The van der Waals surface area contributed by atoms with Gasteiger partial charge in [-0.2, -0.15) is 0 Å². The fraction of sp³-hybridized carbons (Fsp3) is 0.133. The van der Waals surface area contributed by atoms with Crippen LogP contribution in [0.15, 0.2) is 54.6 Å². The first-order chi connectivity index (χ1) is 8.79. The molecule has 3 heteroatoms. The van der Waals surface area contributed by atoms with Crippen LogP contribution in [0.2, 0.25) is 0 Å². The minimum Gasteiger partial charge on any atom is -0.469 e. The summed E-state index contributed by atoms with van der Waals surface area (Å²) in [6.07, 6.45) is 0.358. The number of carbonyl (C=O) groups excluding carboxylic acids is 1. The summed E-state index contributed by atoms with van der Waals surface area (Å²) >= 11 is 0. The van der Waals surface area contributed by atoms with Crippen molar-refractivity contribution in [2.75, 3.05) is 7.11 Å². The van der Waals surface area contributed by atoms with E-state index in [-0.39, 0.29) is 5.97 Å². The normalized spacial score (nSPS) is 10.3. The number of benzene rings is 2. The second-order valence-electron chi connectivity index (χ2n) is 3.79. The molecule has 3 rings (SSSR count). The average Bonchev–Trinajstić information content (AvgIpc) is 3.20. The molecule has 1 aliphatic rings. The van der Waals surface area contributed by atoms with E-state index in [1.807, 2.05) is 54.6 Å². The number of para-hydroxylation sites is 2. The molecule has 0 saturated carbocycles. The molecule has 0 atom stereocenters. The van der Waals surface area contributed by atoms with Crippen LogP contribution in [0.1, 0.15) is 5.56 Å². The van der Waals surface area contributed by atoms with Crippen molar-refractivity contribution in [3.8, 4) is 11.5 Å². The standard InChI is InChI=1S/C9H10O2.C6H4O/c1-11-9(10)7-8-5-3-2-4-6-8;1-2-4-6-5(3-1)7-6/h2-6H,7H2,1H3;1-4H. The predicted octanol–water partition coefficient (Wildman–Crippen LogP) is 3.19. The molecule has 92 valence electrons. The summed E-state index contributed by atoms with van der Waals surface area (Å²) in [5.41, 5.74) is 0.986. The Morgan fingerprint density at radius 3 is 2.06 bits per heavy atom. The van der Waals surface area contributed by atoms with Gasteiger partial charge in [0.15, 0.2) is 11.5 Å². The number of carbonyl (C=O) groups is 1. The fourth-order valence-corrected chi connectivity index (χ4v) is 1.45. The number of fused-ring (bicyclic) bond motifs is 1. The lowest BCUT2D eigenvalue weighted by Crippen LogP contribution is -2.03. The molecule has 0 saturated heterocycles. The minimum absolute atomic E-state index is 0.198. The van der Waals surface area contributed by atoms with Crippen molar-refractivity contribution >= 4 is 5.97 Å². The van der Waals surface area contributed by atoms with Gasteiger partial charge in [-0.25, -0.2) is 0 Å². The molecular weight excluding hydrogens is 228 g/mol. The Balaban J connectivity index is 0.000000146. The summed E-state index contributed by atoms with van der Waals surface area (Å²) in [4.78, 5) is 10.8. The van der Waals surface area contributed by atoms with Gasteiger partial charge in [-0.3, -0.25) is 4.79 Å². The predicted molar refractivity (Wildman–Crippen MR) is 68.7 cm³/mol. The van der Waals surface area contributed by atoms with E-state index in [2.05, 4.69) is 4.74 Å². The zero-order chi connectivity index (χ0) is 12.8. The molecule has 0 unspecified atom stereocenters. The SMILES string of the molecule is COC(=O)Cc1ccccc1.c1ccc2c(c1)O2. The van der Waals surface area contributed by atoms with Gasteiger partial charge in [-0.05, 0) is 17.7 Å². The number of hydrogen-bond acceptors (Lipinski definition) is 3. The van der Waals surface area contributed by atoms with Gasteiger partial charge in [-0.15, -0.1) is 0 Å². The lowest BCUT2D eigenvalue weighted by atomic mass is 10.2. The summed E-state index contributed by atoms with van der Waals surface area (Å²) in [5.74, 6) is 1.86. The van der Waals surface area contributed by atoms with Crippen molar-refractivity contribution in [1.29, 1.82) is 0 Å². The van der Waals surface area contributed by atoms with Crippen LogP contribution in [0.5, 0.6) is 11.5 Å². The van der Waals surface area contributed by atoms with Crippen molar-refractivity contribution < 1.29 is 14.3 Å². The van der Waals surface area contributed by atoms with Crippen molar-refractivity contribution in [1.82, 2.24) is 0 Å². The van der Waals surface area contributed by atoms with Crippen molar-refractivity contribution in [3.05, 3.63) is 60.2 Å². The van der Waals surface area contributed by atoms with Crippen LogP contribution in [0, 0.1) is 0 Å². The Labute approximate surface area is 106 Å². The summed E-state index contributed by atoms with van der Waals surface area (Å²) in [7, 11) is 1.39. The third-order valence-corrected chi connectivity index (χ3v) is 2.45. The molecular formula is C15H14O3. The number of esters is 1. The van der Waals surface area contributed by atoms with Crippen LogP contribution in [-0.4, -0.2) is 13.1 Å². The molecule has 2 aromatic carbocycles. The van der Waals surface area contributed by atoms with E-state index in [1.54, 1.807) is 0 Å². The van der Waals surface area contributed by atoms with E-state index >= 15 is 0 Å². The number of hydrogen-bond donors (Lipinski definition) is 0. The highest BCUT2D eigenvalue weighted by atomic mass is 16.6. The molecule has 0 aliphatic carbocycles. The Bertz CT molecular complexity index is 499. The fourth-order valence-electron chi connectivity index (χ4n) is 1.45. The Hall–Kier alpha value is -2.29. The molecule has 1 aliphatic heterocycles. The monoisotopic (exact) mass is 242 g/mol. The zero-order valence-electron chi connectivity index (χ0n) is 10.1. The molecule has 1 heterocycles. The van der Waals surface area contributed by atoms with Gasteiger partial charge in [-0.1, -0.05) is 42.5 Å². The van der Waals surface area contributed by atoms with Gasteiger partial charge in [0.2, 0.25) is 0 Å². The topological polar surface area (TPSA) is 38.8 Å². The van der Waals surface area contributed by atoms with Crippen LogP contribution in [0.4, 0.5) is 0 Å². The van der Waals surface area contributed by atoms with E-state index < -0.39 is 0 Å². The molecule has 3 nitrogen and oxygen atoms in total. The van der Waals surface area contributed by atoms with E-state index in [0.717, 1.165) is 17.1 Å². The molecule has 0 fully saturated rings. The van der Waals surface area contributed by atoms with Crippen LogP contribution < -0.4 is 4.74 Å². The van der Waals surface area contributed by atoms with E-state index in [4.69, 9.17) is 4.74 Å².